The van der Waals surface area contributed by atoms with Crippen LogP contribution in [-0.2, 0) is 14.8 Å². The molecular formula is C23H22N2O6S. The van der Waals surface area contributed by atoms with Gasteiger partial charge in [-0.2, -0.15) is 0 Å². The fraction of sp³-hybridized carbons (Fsp3) is 0.174. The number of nitrogens with one attached hydrogen (secondary N) is 1. The number of hydrogen-bond donors (Lipinski definition) is 1. The number of amides is 1. The number of fused-ring (bicyclic) bond motifs is 1. The third-order valence-electron chi connectivity index (χ3n) is 4.80. The number of nitrogens with zero attached hydrogens (tertiary/aromatic N) is 1. The van der Waals surface area contributed by atoms with Crippen LogP contribution in [-0.4, -0.2) is 41.2 Å². The van der Waals surface area contributed by atoms with E-state index in [1.807, 2.05) is 0 Å². The summed E-state index contributed by atoms with van der Waals surface area (Å²) < 4.78 is 44.3. The molecule has 4 rings (SSSR count). The minimum Gasteiger partial charge on any atom is -0.495 e. The van der Waals surface area contributed by atoms with Gasteiger partial charge in [0.15, 0.2) is 11.5 Å². The molecule has 9 heteroatoms. The number of sulfonamides is 1. The number of hydrogen-bond acceptors (Lipinski definition) is 6. The van der Waals surface area contributed by atoms with Crippen molar-refractivity contribution >= 4 is 27.3 Å². The van der Waals surface area contributed by atoms with Gasteiger partial charge in [0.2, 0.25) is 5.91 Å². The minimum absolute atomic E-state index is 0.0676. The van der Waals surface area contributed by atoms with Crippen LogP contribution in [0.5, 0.6) is 17.2 Å². The zero-order valence-corrected chi connectivity index (χ0v) is 18.2. The van der Waals surface area contributed by atoms with E-state index in [-0.39, 0.29) is 10.6 Å². The van der Waals surface area contributed by atoms with E-state index < -0.39 is 22.5 Å². The highest BCUT2D eigenvalue weighted by Crippen LogP contribution is 2.34. The van der Waals surface area contributed by atoms with Gasteiger partial charge >= 0.3 is 0 Å². The Hall–Kier alpha value is -3.72. The standard InChI is InChI=1S/C23H22N2O6S/c1-29-20-10-6-5-9-19(20)25(32(27,28)18-7-3-2-4-8-18)16-23(26)24-17-11-12-21-22(15-17)31-14-13-30-21/h2-12,15H,13-14,16H2,1H3,(H,24,26). The lowest BCUT2D eigenvalue weighted by Gasteiger charge is -2.25. The first-order chi connectivity index (χ1) is 15.5. The van der Waals surface area contributed by atoms with Crippen LogP contribution in [0, 0.1) is 0 Å². The van der Waals surface area contributed by atoms with Crippen molar-refractivity contribution in [1.29, 1.82) is 0 Å². The maximum Gasteiger partial charge on any atom is 0.264 e. The van der Waals surface area contributed by atoms with Crippen molar-refractivity contribution in [1.82, 2.24) is 0 Å². The molecule has 8 nitrogen and oxygen atoms in total. The molecule has 1 heterocycles. The van der Waals surface area contributed by atoms with Gasteiger partial charge < -0.3 is 19.5 Å². The molecule has 0 fully saturated rings. The van der Waals surface area contributed by atoms with E-state index in [9.17, 15) is 13.2 Å². The summed E-state index contributed by atoms with van der Waals surface area (Å²) in [5.74, 6) is 0.926. The molecular weight excluding hydrogens is 432 g/mol. The number of methoxy groups -OCH3 is 1. The summed E-state index contributed by atoms with van der Waals surface area (Å²) >= 11 is 0. The lowest BCUT2D eigenvalue weighted by molar-refractivity contribution is -0.114. The molecule has 32 heavy (non-hydrogen) atoms. The maximum absolute atomic E-state index is 13.4. The van der Waals surface area contributed by atoms with Crippen LogP contribution in [0.2, 0.25) is 0 Å². The van der Waals surface area contributed by atoms with Gasteiger partial charge in [0.1, 0.15) is 25.5 Å². The highest BCUT2D eigenvalue weighted by atomic mass is 32.2. The predicted octanol–water partition coefficient (Wildman–Crippen LogP) is 3.30. The average Bonchev–Trinajstić information content (AvgIpc) is 2.83. The van der Waals surface area contributed by atoms with E-state index in [4.69, 9.17) is 14.2 Å². The van der Waals surface area contributed by atoms with Crippen molar-refractivity contribution in [2.45, 2.75) is 4.90 Å². The first kappa shape index (κ1) is 21.5. The van der Waals surface area contributed by atoms with Gasteiger partial charge in [-0.3, -0.25) is 9.10 Å². The van der Waals surface area contributed by atoms with Gasteiger partial charge in [-0.25, -0.2) is 8.42 Å². The molecule has 166 valence electrons. The van der Waals surface area contributed by atoms with E-state index in [1.54, 1.807) is 60.7 Å². The van der Waals surface area contributed by atoms with Crippen LogP contribution in [0.25, 0.3) is 0 Å². The first-order valence-electron chi connectivity index (χ1n) is 9.89. The zero-order chi connectivity index (χ0) is 22.6. The number of rotatable bonds is 7. The van der Waals surface area contributed by atoms with Crippen molar-refractivity contribution in [2.75, 3.05) is 36.5 Å². The van der Waals surface area contributed by atoms with Crippen LogP contribution in [0.3, 0.4) is 0 Å². The molecule has 0 spiro atoms. The van der Waals surface area contributed by atoms with E-state index in [0.29, 0.717) is 36.1 Å². The zero-order valence-electron chi connectivity index (χ0n) is 17.4. The Kier molecular flexibility index (Phi) is 6.18. The van der Waals surface area contributed by atoms with Gasteiger partial charge in [-0.15, -0.1) is 0 Å². The topological polar surface area (TPSA) is 94.2 Å². The Bertz CT molecular complexity index is 1210. The summed E-state index contributed by atoms with van der Waals surface area (Å²) in [6.45, 7) is 0.428. The second-order valence-electron chi connectivity index (χ2n) is 6.90. The average molecular weight is 455 g/mol. The largest absolute Gasteiger partial charge is 0.495 e. The summed E-state index contributed by atoms with van der Waals surface area (Å²) in [5.41, 5.74) is 0.729. The van der Waals surface area contributed by atoms with Crippen molar-refractivity contribution in [2.24, 2.45) is 0 Å². The van der Waals surface area contributed by atoms with Crippen LogP contribution in [0.4, 0.5) is 11.4 Å². The fourth-order valence-electron chi connectivity index (χ4n) is 3.31. The monoisotopic (exact) mass is 454 g/mol. The Morgan fingerprint density at radius 1 is 0.969 bits per heavy atom. The molecule has 0 aliphatic carbocycles. The van der Waals surface area contributed by atoms with Gasteiger partial charge in [-0.1, -0.05) is 30.3 Å². The molecule has 1 N–H and O–H groups in total. The Morgan fingerprint density at radius 2 is 1.66 bits per heavy atom. The molecule has 0 bridgehead atoms. The third kappa shape index (κ3) is 4.47. The van der Waals surface area contributed by atoms with Crippen LogP contribution < -0.4 is 23.8 Å². The number of carbonyl (C=O) groups excluding carboxylic acids is 1. The van der Waals surface area contributed by atoms with Crippen molar-refractivity contribution in [3.63, 3.8) is 0 Å². The predicted molar refractivity (Wildman–Crippen MR) is 120 cm³/mol. The van der Waals surface area contributed by atoms with Gasteiger partial charge in [-0.05, 0) is 36.4 Å². The van der Waals surface area contributed by atoms with E-state index >= 15 is 0 Å². The first-order valence-corrected chi connectivity index (χ1v) is 11.3. The van der Waals surface area contributed by atoms with Gasteiger partial charge in [0, 0.05) is 11.8 Å². The van der Waals surface area contributed by atoms with Crippen LogP contribution in [0.15, 0.2) is 77.7 Å². The fourth-order valence-corrected chi connectivity index (χ4v) is 4.76. The molecule has 1 aliphatic heterocycles. The Balaban J connectivity index is 1.64. The van der Waals surface area contributed by atoms with E-state index in [1.165, 1.54) is 19.2 Å². The van der Waals surface area contributed by atoms with Crippen molar-refractivity contribution in [3.05, 3.63) is 72.8 Å². The normalized spacial score (nSPS) is 12.7. The third-order valence-corrected chi connectivity index (χ3v) is 6.57. The van der Waals surface area contributed by atoms with E-state index in [2.05, 4.69) is 5.32 Å². The molecule has 1 amide bonds. The smallest absolute Gasteiger partial charge is 0.264 e. The molecule has 3 aromatic carbocycles. The SMILES string of the molecule is COc1ccccc1N(CC(=O)Nc1ccc2c(c1)OCCO2)S(=O)(=O)c1ccccc1. The highest BCUT2D eigenvalue weighted by molar-refractivity contribution is 7.92. The maximum atomic E-state index is 13.4. The Labute approximate surface area is 186 Å². The summed E-state index contributed by atoms with van der Waals surface area (Å²) in [6, 6.07) is 19.6. The summed E-state index contributed by atoms with van der Waals surface area (Å²) in [4.78, 5) is 13.0. The molecule has 0 aromatic heterocycles. The molecule has 3 aromatic rings. The summed E-state index contributed by atoms with van der Waals surface area (Å²) in [6.07, 6.45) is 0. The number of anilines is 2. The second kappa shape index (κ2) is 9.19. The molecule has 0 unspecified atom stereocenters. The van der Waals surface area contributed by atoms with Crippen LogP contribution >= 0.6 is 0 Å². The molecule has 0 saturated carbocycles. The quantitative estimate of drug-likeness (QED) is 0.589. The van der Waals surface area contributed by atoms with E-state index in [0.717, 1.165) is 4.31 Å². The number of carbonyl (C=O) groups is 1. The van der Waals surface area contributed by atoms with Crippen molar-refractivity contribution < 1.29 is 27.4 Å². The molecule has 0 radical (unpaired) electrons. The lowest BCUT2D eigenvalue weighted by atomic mass is 10.2. The summed E-state index contributed by atoms with van der Waals surface area (Å²) in [5, 5.41) is 2.73. The molecule has 0 atom stereocenters. The molecule has 0 saturated heterocycles. The van der Waals surface area contributed by atoms with Gasteiger partial charge in [0.05, 0.1) is 17.7 Å². The second-order valence-corrected chi connectivity index (χ2v) is 8.77. The highest BCUT2D eigenvalue weighted by Gasteiger charge is 2.29. The molecule has 1 aliphatic rings. The Morgan fingerprint density at radius 3 is 2.41 bits per heavy atom. The minimum atomic E-state index is -4.04. The lowest BCUT2D eigenvalue weighted by Crippen LogP contribution is -2.38. The number of ether oxygens (including phenoxy) is 3. The number of benzene rings is 3. The number of para-hydroxylation sites is 2. The summed E-state index contributed by atoms with van der Waals surface area (Å²) in [7, 11) is -2.59. The van der Waals surface area contributed by atoms with Crippen LogP contribution in [0.1, 0.15) is 0 Å². The van der Waals surface area contributed by atoms with Gasteiger partial charge in [0.25, 0.3) is 10.0 Å². The van der Waals surface area contributed by atoms with Crippen molar-refractivity contribution in [3.8, 4) is 17.2 Å².